The van der Waals surface area contributed by atoms with Crippen molar-refractivity contribution in [3.63, 3.8) is 0 Å². The Kier molecular flexibility index (Phi) is 4.98. The molecule has 28 heavy (non-hydrogen) atoms. The van der Waals surface area contributed by atoms with E-state index in [4.69, 9.17) is 4.98 Å². The minimum atomic E-state index is -0.343. The van der Waals surface area contributed by atoms with Gasteiger partial charge in [-0.3, -0.25) is 14.2 Å². The fourth-order valence-electron chi connectivity index (χ4n) is 3.14. The van der Waals surface area contributed by atoms with Crippen LogP contribution >= 0.6 is 11.8 Å². The van der Waals surface area contributed by atoms with E-state index in [9.17, 15) is 9.59 Å². The summed E-state index contributed by atoms with van der Waals surface area (Å²) in [5.74, 6) is -0.0116. The van der Waals surface area contributed by atoms with Crippen molar-refractivity contribution in [1.29, 1.82) is 0 Å². The van der Waals surface area contributed by atoms with Crippen LogP contribution in [0.3, 0.4) is 0 Å². The van der Waals surface area contributed by atoms with Crippen LogP contribution in [0.25, 0.3) is 16.6 Å². The minimum absolute atomic E-state index is 0.0116. The Morgan fingerprint density at radius 1 is 1.18 bits per heavy atom. The van der Waals surface area contributed by atoms with Gasteiger partial charge in [0.15, 0.2) is 5.16 Å². The molecule has 1 saturated carbocycles. The van der Waals surface area contributed by atoms with E-state index in [-0.39, 0.29) is 16.7 Å². The Morgan fingerprint density at radius 3 is 2.68 bits per heavy atom. The smallest absolute Gasteiger partial charge is 0.266 e. The van der Waals surface area contributed by atoms with Crippen LogP contribution in [0, 0.1) is 13.8 Å². The van der Waals surface area contributed by atoms with Gasteiger partial charge in [-0.1, -0.05) is 36.0 Å². The summed E-state index contributed by atoms with van der Waals surface area (Å²) in [5.41, 5.74) is 3.47. The molecule has 3 aromatic rings. The third-order valence-electron chi connectivity index (χ3n) is 5.14. The summed E-state index contributed by atoms with van der Waals surface area (Å²) in [7, 11) is 0. The first-order valence-corrected chi connectivity index (χ1v) is 10.4. The van der Waals surface area contributed by atoms with Gasteiger partial charge < -0.3 is 5.32 Å². The Balaban J connectivity index is 1.85. The van der Waals surface area contributed by atoms with Gasteiger partial charge in [-0.05, 0) is 62.9 Å². The highest BCUT2D eigenvalue weighted by molar-refractivity contribution is 8.00. The largest absolute Gasteiger partial charge is 0.352 e. The minimum Gasteiger partial charge on any atom is -0.352 e. The lowest BCUT2D eigenvalue weighted by Crippen LogP contribution is -2.33. The number of aryl methyl sites for hydroxylation is 1. The summed E-state index contributed by atoms with van der Waals surface area (Å²) in [6.45, 7) is 5.89. The van der Waals surface area contributed by atoms with Crippen molar-refractivity contribution in [2.24, 2.45) is 0 Å². The summed E-state index contributed by atoms with van der Waals surface area (Å²) in [6, 6.07) is 13.5. The molecule has 2 aromatic carbocycles. The van der Waals surface area contributed by atoms with Gasteiger partial charge in [-0.25, -0.2) is 4.98 Å². The van der Waals surface area contributed by atoms with Crippen LogP contribution in [0.15, 0.2) is 52.4 Å². The number of amides is 1. The number of para-hydroxylation sites is 1. The molecule has 0 bridgehead atoms. The highest BCUT2D eigenvalue weighted by atomic mass is 32.2. The lowest BCUT2D eigenvalue weighted by atomic mass is 10.1. The molecule has 144 valence electrons. The Morgan fingerprint density at radius 2 is 1.93 bits per heavy atom. The molecule has 1 aromatic heterocycles. The van der Waals surface area contributed by atoms with Crippen LogP contribution in [0.4, 0.5) is 0 Å². The fourth-order valence-corrected chi connectivity index (χ4v) is 4.07. The molecule has 0 spiro atoms. The van der Waals surface area contributed by atoms with Crippen molar-refractivity contribution in [2.75, 3.05) is 0 Å². The van der Waals surface area contributed by atoms with E-state index in [1.165, 1.54) is 11.8 Å². The molecule has 1 aliphatic rings. The molecule has 0 saturated heterocycles. The zero-order valence-corrected chi connectivity index (χ0v) is 17.0. The Hall–Kier alpha value is -2.60. The summed E-state index contributed by atoms with van der Waals surface area (Å²) >= 11 is 1.33. The van der Waals surface area contributed by atoms with Crippen molar-refractivity contribution >= 4 is 28.6 Å². The van der Waals surface area contributed by atoms with Crippen LogP contribution in [-0.2, 0) is 4.79 Å². The van der Waals surface area contributed by atoms with Gasteiger partial charge in [-0.15, -0.1) is 0 Å². The second kappa shape index (κ2) is 7.43. The molecule has 1 fully saturated rings. The highest BCUT2D eigenvalue weighted by Gasteiger charge is 2.27. The number of benzene rings is 2. The van der Waals surface area contributed by atoms with E-state index in [1.54, 1.807) is 10.6 Å². The lowest BCUT2D eigenvalue weighted by Gasteiger charge is -2.18. The second-order valence-electron chi connectivity index (χ2n) is 7.31. The van der Waals surface area contributed by atoms with Crippen LogP contribution in [0.2, 0.25) is 0 Å². The van der Waals surface area contributed by atoms with Crippen molar-refractivity contribution in [1.82, 2.24) is 14.9 Å². The number of carbonyl (C=O) groups is 1. The number of fused-ring (bicyclic) bond motifs is 1. The van der Waals surface area contributed by atoms with Crippen LogP contribution in [0.5, 0.6) is 0 Å². The molecule has 1 unspecified atom stereocenters. The number of aromatic nitrogens is 2. The zero-order chi connectivity index (χ0) is 19.8. The maximum atomic E-state index is 13.4. The van der Waals surface area contributed by atoms with Gasteiger partial charge in [0, 0.05) is 6.04 Å². The lowest BCUT2D eigenvalue weighted by molar-refractivity contribution is -0.120. The average Bonchev–Trinajstić information content (AvgIpc) is 3.49. The normalized spacial score (nSPS) is 14.8. The molecule has 0 radical (unpaired) electrons. The molecule has 0 aliphatic heterocycles. The number of nitrogens with one attached hydrogen (secondary N) is 1. The zero-order valence-electron chi connectivity index (χ0n) is 16.2. The Labute approximate surface area is 168 Å². The molecule has 1 aliphatic carbocycles. The standard InChI is InChI=1S/C22H23N3O2S/c1-13-7-6-10-19(14(13)2)25-21(27)17-8-4-5-9-18(17)24-22(25)28-15(3)20(26)23-16-11-12-16/h4-10,15-16H,11-12H2,1-3H3,(H,23,26). The van der Waals surface area contributed by atoms with E-state index in [0.29, 0.717) is 22.1 Å². The third-order valence-corrected chi connectivity index (χ3v) is 6.19. The first-order chi connectivity index (χ1) is 13.5. The van der Waals surface area contributed by atoms with Crippen molar-refractivity contribution in [3.8, 4) is 5.69 Å². The van der Waals surface area contributed by atoms with Gasteiger partial charge >= 0.3 is 0 Å². The van der Waals surface area contributed by atoms with Crippen LogP contribution in [-0.4, -0.2) is 26.8 Å². The maximum absolute atomic E-state index is 13.4. The molecular weight excluding hydrogens is 370 g/mol. The first-order valence-electron chi connectivity index (χ1n) is 9.51. The second-order valence-corrected chi connectivity index (χ2v) is 8.62. The topological polar surface area (TPSA) is 64.0 Å². The maximum Gasteiger partial charge on any atom is 0.266 e. The van der Waals surface area contributed by atoms with Crippen molar-refractivity contribution < 1.29 is 4.79 Å². The number of nitrogens with zero attached hydrogens (tertiary/aromatic N) is 2. The molecule has 1 heterocycles. The Bertz CT molecular complexity index is 1120. The molecule has 1 N–H and O–H groups in total. The van der Waals surface area contributed by atoms with E-state index >= 15 is 0 Å². The first kappa shape index (κ1) is 18.7. The van der Waals surface area contributed by atoms with Gasteiger partial charge in [0.2, 0.25) is 5.91 Å². The van der Waals surface area contributed by atoms with Crippen LogP contribution < -0.4 is 10.9 Å². The van der Waals surface area contributed by atoms with E-state index in [1.807, 2.05) is 57.2 Å². The fraction of sp³-hybridized carbons (Fsp3) is 0.318. The average molecular weight is 394 g/mol. The number of hydrogen-bond donors (Lipinski definition) is 1. The summed E-state index contributed by atoms with van der Waals surface area (Å²) in [4.78, 5) is 30.6. The monoisotopic (exact) mass is 393 g/mol. The number of hydrogen-bond acceptors (Lipinski definition) is 4. The predicted molar refractivity (Wildman–Crippen MR) is 113 cm³/mol. The summed E-state index contributed by atoms with van der Waals surface area (Å²) in [5, 5.41) is 3.80. The highest BCUT2D eigenvalue weighted by Crippen LogP contribution is 2.28. The molecule has 1 amide bonds. The SMILES string of the molecule is Cc1cccc(-n2c(SC(C)C(=O)NC3CC3)nc3ccccc3c2=O)c1C. The molecule has 1 atom stereocenters. The van der Waals surface area contributed by atoms with Crippen LogP contribution in [0.1, 0.15) is 30.9 Å². The van der Waals surface area contributed by atoms with E-state index < -0.39 is 0 Å². The van der Waals surface area contributed by atoms with Gasteiger partial charge in [0.1, 0.15) is 0 Å². The predicted octanol–water partition coefficient (Wildman–Crippen LogP) is 3.76. The third kappa shape index (κ3) is 3.56. The molecule has 6 heteroatoms. The van der Waals surface area contributed by atoms with Gasteiger partial charge in [0.05, 0.1) is 21.8 Å². The molecule has 5 nitrogen and oxygen atoms in total. The van der Waals surface area contributed by atoms with Gasteiger partial charge in [0.25, 0.3) is 5.56 Å². The summed E-state index contributed by atoms with van der Waals surface area (Å²) < 4.78 is 1.65. The van der Waals surface area contributed by atoms with E-state index in [2.05, 4.69) is 5.32 Å². The quantitative estimate of drug-likeness (QED) is 0.529. The van der Waals surface area contributed by atoms with Crippen molar-refractivity contribution in [3.05, 3.63) is 63.9 Å². The van der Waals surface area contributed by atoms with Crippen molar-refractivity contribution in [2.45, 2.75) is 50.1 Å². The number of thioether (sulfide) groups is 1. The van der Waals surface area contributed by atoms with E-state index in [0.717, 1.165) is 29.7 Å². The molecule has 4 rings (SSSR count). The number of rotatable bonds is 5. The van der Waals surface area contributed by atoms with Gasteiger partial charge in [-0.2, -0.15) is 0 Å². The number of carbonyl (C=O) groups excluding carboxylic acids is 1. The molecular formula is C22H23N3O2S. The summed E-state index contributed by atoms with van der Waals surface area (Å²) in [6.07, 6.45) is 2.09.